The Hall–Kier alpha value is -2.74. The third-order valence-corrected chi connectivity index (χ3v) is 5.09. The SMILES string of the molecule is Cc1ccc(CNC(=O)COC(=O)[C@@H](NC(=O)c2ccccc2Br)C(C)C)cc1F. The molecule has 0 aliphatic rings. The van der Waals surface area contributed by atoms with Crippen LogP contribution >= 0.6 is 15.9 Å². The van der Waals surface area contributed by atoms with Gasteiger partial charge < -0.3 is 15.4 Å². The number of amides is 2. The van der Waals surface area contributed by atoms with Crippen LogP contribution in [-0.4, -0.2) is 30.4 Å². The monoisotopic (exact) mass is 478 g/mol. The average Bonchev–Trinajstić information content (AvgIpc) is 2.71. The summed E-state index contributed by atoms with van der Waals surface area (Å²) in [6, 6.07) is 10.6. The van der Waals surface area contributed by atoms with E-state index in [2.05, 4.69) is 26.6 Å². The minimum Gasteiger partial charge on any atom is -0.454 e. The number of esters is 1. The van der Waals surface area contributed by atoms with Crippen molar-refractivity contribution in [2.24, 2.45) is 5.92 Å². The highest BCUT2D eigenvalue weighted by molar-refractivity contribution is 9.10. The van der Waals surface area contributed by atoms with Gasteiger partial charge in [-0.05, 0) is 58.1 Å². The van der Waals surface area contributed by atoms with Gasteiger partial charge in [0.05, 0.1) is 5.56 Å². The molecule has 0 saturated heterocycles. The summed E-state index contributed by atoms with van der Waals surface area (Å²) >= 11 is 3.30. The Kier molecular flexibility index (Phi) is 8.53. The molecule has 2 N–H and O–H groups in total. The first-order chi connectivity index (χ1) is 14.2. The van der Waals surface area contributed by atoms with Gasteiger partial charge >= 0.3 is 5.97 Å². The predicted octanol–water partition coefficient (Wildman–Crippen LogP) is 3.51. The highest BCUT2D eigenvalue weighted by atomic mass is 79.9. The molecule has 0 spiro atoms. The standard InChI is InChI=1S/C22H24BrFN2O4/c1-13(2)20(26-21(28)16-6-4-5-7-17(16)23)22(29)30-12-19(27)25-11-15-9-8-14(3)18(24)10-15/h4-10,13,20H,11-12H2,1-3H3,(H,25,27)(H,26,28)/t20-/m0/s1. The Balaban J connectivity index is 1.88. The Labute approximate surface area is 183 Å². The fourth-order valence-corrected chi connectivity index (χ4v) is 3.05. The molecule has 2 aromatic rings. The van der Waals surface area contributed by atoms with E-state index in [0.717, 1.165) is 0 Å². The summed E-state index contributed by atoms with van der Waals surface area (Å²) in [7, 11) is 0. The lowest BCUT2D eigenvalue weighted by Gasteiger charge is -2.21. The second-order valence-electron chi connectivity index (χ2n) is 7.14. The fourth-order valence-electron chi connectivity index (χ4n) is 2.59. The van der Waals surface area contributed by atoms with Gasteiger partial charge in [0.2, 0.25) is 0 Å². The summed E-state index contributed by atoms with van der Waals surface area (Å²) in [5.74, 6) is -2.26. The van der Waals surface area contributed by atoms with Crippen molar-refractivity contribution in [1.29, 1.82) is 0 Å². The topological polar surface area (TPSA) is 84.5 Å². The number of nitrogens with one attached hydrogen (secondary N) is 2. The third kappa shape index (κ3) is 6.66. The van der Waals surface area contributed by atoms with Gasteiger partial charge in [-0.25, -0.2) is 9.18 Å². The normalized spacial score (nSPS) is 11.7. The van der Waals surface area contributed by atoms with Crippen LogP contribution in [0.5, 0.6) is 0 Å². The first kappa shape index (κ1) is 23.5. The molecule has 0 bridgehead atoms. The van der Waals surface area contributed by atoms with Crippen LogP contribution in [0.3, 0.4) is 0 Å². The number of halogens is 2. The smallest absolute Gasteiger partial charge is 0.329 e. The highest BCUT2D eigenvalue weighted by Crippen LogP contribution is 2.16. The van der Waals surface area contributed by atoms with E-state index in [1.54, 1.807) is 57.2 Å². The van der Waals surface area contributed by atoms with E-state index in [-0.39, 0.29) is 18.3 Å². The molecule has 0 heterocycles. The zero-order valence-electron chi connectivity index (χ0n) is 17.0. The number of carbonyl (C=O) groups excluding carboxylic acids is 3. The van der Waals surface area contributed by atoms with E-state index in [1.807, 2.05) is 0 Å². The van der Waals surface area contributed by atoms with Crippen LogP contribution in [0.2, 0.25) is 0 Å². The molecule has 0 aliphatic carbocycles. The van der Waals surface area contributed by atoms with Gasteiger partial charge in [-0.2, -0.15) is 0 Å². The second-order valence-corrected chi connectivity index (χ2v) is 8.00. The van der Waals surface area contributed by atoms with Crippen molar-refractivity contribution in [2.75, 3.05) is 6.61 Å². The maximum Gasteiger partial charge on any atom is 0.329 e. The Bertz CT molecular complexity index is 933. The number of rotatable bonds is 8. The fraction of sp³-hybridized carbons (Fsp3) is 0.318. The van der Waals surface area contributed by atoms with E-state index >= 15 is 0 Å². The molecule has 0 saturated carbocycles. The van der Waals surface area contributed by atoms with Gasteiger partial charge in [0, 0.05) is 11.0 Å². The van der Waals surface area contributed by atoms with Gasteiger partial charge in [0.25, 0.3) is 11.8 Å². The molecule has 8 heteroatoms. The molecule has 2 aromatic carbocycles. The van der Waals surface area contributed by atoms with Crippen LogP contribution in [0.4, 0.5) is 4.39 Å². The maximum absolute atomic E-state index is 13.6. The van der Waals surface area contributed by atoms with Crippen LogP contribution in [0.1, 0.15) is 35.3 Å². The van der Waals surface area contributed by atoms with Gasteiger partial charge in [-0.1, -0.05) is 38.1 Å². The number of hydrogen-bond donors (Lipinski definition) is 2. The first-order valence-electron chi connectivity index (χ1n) is 9.42. The van der Waals surface area contributed by atoms with Crippen molar-refractivity contribution in [2.45, 2.75) is 33.4 Å². The molecular formula is C22H24BrFN2O4. The predicted molar refractivity (Wildman–Crippen MR) is 114 cm³/mol. The average molecular weight is 479 g/mol. The summed E-state index contributed by atoms with van der Waals surface area (Å²) < 4.78 is 19.2. The third-order valence-electron chi connectivity index (χ3n) is 4.40. The molecule has 0 fully saturated rings. The number of carbonyl (C=O) groups is 3. The molecule has 160 valence electrons. The number of benzene rings is 2. The van der Waals surface area contributed by atoms with Crippen molar-refractivity contribution >= 4 is 33.7 Å². The summed E-state index contributed by atoms with van der Waals surface area (Å²) in [6.07, 6.45) is 0. The summed E-state index contributed by atoms with van der Waals surface area (Å²) in [4.78, 5) is 36.9. The molecular weight excluding hydrogens is 455 g/mol. The van der Waals surface area contributed by atoms with Crippen LogP contribution in [-0.2, 0) is 20.9 Å². The lowest BCUT2D eigenvalue weighted by atomic mass is 10.0. The molecule has 30 heavy (non-hydrogen) atoms. The lowest BCUT2D eigenvalue weighted by Crippen LogP contribution is -2.46. The largest absolute Gasteiger partial charge is 0.454 e. The molecule has 0 unspecified atom stereocenters. The molecule has 0 aliphatic heterocycles. The molecule has 2 amide bonds. The van der Waals surface area contributed by atoms with Crippen molar-refractivity contribution in [3.05, 3.63) is 69.4 Å². The summed E-state index contributed by atoms with van der Waals surface area (Å²) in [6.45, 7) is 4.79. The van der Waals surface area contributed by atoms with Crippen LogP contribution in [0.15, 0.2) is 46.9 Å². The van der Waals surface area contributed by atoms with Crippen molar-refractivity contribution in [3.8, 4) is 0 Å². The second kappa shape index (κ2) is 10.9. The zero-order chi connectivity index (χ0) is 22.3. The van der Waals surface area contributed by atoms with Gasteiger partial charge in [0.15, 0.2) is 6.61 Å². The van der Waals surface area contributed by atoms with E-state index in [4.69, 9.17) is 4.74 Å². The van der Waals surface area contributed by atoms with Crippen LogP contribution in [0, 0.1) is 18.7 Å². The molecule has 1 atom stereocenters. The summed E-state index contributed by atoms with van der Waals surface area (Å²) in [5, 5.41) is 5.22. The van der Waals surface area contributed by atoms with Gasteiger partial charge in [-0.3, -0.25) is 9.59 Å². The van der Waals surface area contributed by atoms with E-state index in [1.165, 1.54) is 6.07 Å². The summed E-state index contributed by atoms with van der Waals surface area (Å²) in [5.41, 5.74) is 1.50. The zero-order valence-corrected chi connectivity index (χ0v) is 18.6. The Morgan fingerprint density at radius 2 is 1.83 bits per heavy atom. The van der Waals surface area contributed by atoms with E-state index in [0.29, 0.717) is 21.2 Å². The van der Waals surface area contributed by atoms with Crippen LogP contribution in [0.25, 0.3) is 0 Å². The maximum atomic E-state index is 13.6. The highest BCUT2D eigenvalue weighted by Gasteiger charge is 2.27. The molecule has 0 aromatic heterocycles. The minimum atomic E-state index is -0.913. The number of ether oxygens (including phenoxy) is 1. The van der Waals surface area contributed by atoms with Gasteiger partial charge in [-0.15, -0.1) is 0 Å². The van der Waals surface area contributed by atoms with E-state index in [9.17, 15) is 18.8 Å². The molecule has 2 rings (SSSR count). The van der Waals surface area contributed by atoms with Crippen molar-refractivity contribution in [3.63, 3.8) is 0 Å². The minimum absolute atomic E-state index is 0.111. The van der Waals surface area contributed by atoms with Crippen LogP contribution < -0.4 is 10.6 Å². The Morgan fingerprint density at radius 1 is 1.13 bits per heavy atom. The van der Waals surface area contributed by atoms with Gasteiger partial charge in [0.1, 0.15) is 11.9 Å². The first-order valence-corrected chi connectivity index (χ1v) is 10.2. The number of hydrogen-bond acceptors (Lipinski definition) is 4. The van der Waals surface area contributed by atoms with Crippen molar-refractivity contribution < 1.29 is 23.5 Å². The quantitative estimate of drug-likeness (QED) is 0.568. The Morgan fingerprint density at radius 3 is 2.47 bits per heavy atom. The van der Waals surface area contributed by atoms with Crippen molar-refractivity contribution in [1.82, 2.24) is 10.6 Å². The molecule has 6 nitrogen and oxygen atoms in total. The number of aryl methyl sites for hydroxylation is 1. The lowest BCUT2D eigenvalue weighted by molar-refractivity contribution is -0.151. The molecule has 0 radical (unpaired) electrons. The van der Waals surface area contributed by atoms with E-state index < -0.39 is 30.4 Å².